The summed E-state index contributed by atoms with van der Waals surface area (Å²) >= 11 is 0. The molecular weight excluding hydrogens is 472 g/mol. The Balaban J connectivity index is 1.89. The Morgan fingerprint density at radius 1 is 0.750 bits per heavy atom. The van der Waals surface area contributed by atoms with E-state index in [9.17, 15) is 24.0 Å². The number of carbonyl (C=O) groups excluding carboxylic acids is 5. The third-order valence-electron chi connectivity index (χ3n) is 5.99. The first-order valence-corrected chi connectivity index (χ1v) is 11.2. The first-order chi connectivity index (χ1) is 17.0. The highest BCUT2D eigenvalue weighted by Gasteiger charge is 2.47. The van der Waals surface area contributed by atoms with Crippen LogP contribution in [0.15, 0.2) is 30.3 Å². The number of cyclic esters (lactones) is 1. The Morgan fingerprint density at radius 3 is 1.86 bits per heavy atom. The van der Waals surface area contributed by atoms with Gasteiger partial charge in [0, 0.05) is 39.5 Å². The van der Waals surface area contributed by atoms with Crippen LogP contribution in [0, 0.1) is 11.8 Å². The van der Waals surface area contributed by atoms with E-state index in [1.807, 2.05) is 0 Å². The van der Waals surface area contributed by atoms with E-state index in [0.29, 0.717) is 17.5 Å². The Labute approximate surface area is 206 Å². The van der Waals surface area contributed by atoms with Crippen molar-refractivity contribution in [2.24, 2.45) is 11.8 Å². The minimum absolute atomic E-state index is 0.0425. The van der Waals surface area contributed by atoms with Crippen LogP contribution in [0.5, 0.6) is 23.0 Å². The molecule has 1 heterocycles. The summed E-state index contributed by atoms with van der Waals surface area (Å²) in [6, 6.07) is 7.99. The van der Waals surface area contributed by atoms with Gasteiger partial charge < -0.3 is 23.7 Å². The fraction of sp³-hybridized carbons (Fsp3) is 0.346. The highest BCUT2D eigenvalue weighted by molar-refractivity contribution is 5.78. The van der Waals surface area contributed by atoms with E-state index >= 15 is 0 Å². The molecule has 0 bridgehead atoms. The molecule has 0 amide bonds. The van der Waals surface area contributed by atoms with Crippen molar-refractivity contribution in [3.63, 3.8) is 0 Å². The van der Waals surface area contributed by atoms with Gasteiger partial charge in [0.1, 0.15) is 0 Å². The second-order valence-electron chi connectivity index (χ2n) is 8.66. The normalized spacial score (nSPS) is 19.9. The number of rotatable bonds is 5. The van der Waals surface area contributed by atoms with Crippen LogP contribution in [0.2, 0.25) is 0 Å². The second-order valence-corrected chi connectivity index (χ2v) is 8.66. The minimum Gasteiger partial charge on any atom is -0.465 e. The number of hydrogen-bond donors (Lipinski definition) is 0. The maximum Gasteiger partial charge on any atom is 0.309 e. The number of carbonyl (C=O) groups is 5. The molecule has 2 aromatic carbocycles. The van der Waals surface area contributed by atoms with Crippen molar-refractivity contribution in [2.75, 3.05) is 6.61 Å². The van der Waals surface area contributed by atoms with Crippen molar-refractivity contribution in [3.8, 4) is 23.0 Å². The van der Waals surface area contributed by atoms with Crippen molar-refractivity contribution >= 4 is 29.8 Å². The lowest BCUT2D eigenvalue weighted by Crippen LogP contribution is -2.31. The van der Waals surface area contributed by atoms with Gasteiger partial charge in [-0.1, -0.05) is 6.07 Å². The Kier molecular flexibility index (Phi) is 6.78. The quantitative estimate of drug-likeness (QED) is 0.450. The number of benzene rings is 2. The van der Waals surface area contributed by atoms with Gasteiger partial charge in [-0.2, -0.15) is 0 Å². The largest absolute Gasteiger partial charge is 0.465 e. The van der Waals surface area contributed by atoms with Gasteiger partial charge in [0.2, 0.25) is 0 Å². The summed E-state index contributed by atoms with van der Waals surface area (Å²) in [6.45, 7) is 5.07. The van der Waals surface area contributed by atoms with Gasteiger partial charge in [-0.25, -0.2) is 0 Å². The monoisotopic (exact) mass is 496 g/mol. The average molecular weight is 496 g/mol. The summed E-state index contributed by atoms with van der Waals surface area (Å²) in [4.78, 5) is 59.2. The van der Waals surface area contributed by atoms with E-state index in [2.05, 4.69) is 0 Å². The van der Waals surface area contributed by atoms with Crippen LogP contribution in [-0.4, -0.2) is 36.5 Å². The third kappa shape index (κ3) is 5.07. The van der Waals surface area contributed by atoms with E-state index in [-0.39, 0.29) is 41.5 Å². The molecule has 1 saturated heterocycles. The lowest BCUT2D eigenvalue weighted by molar-refractivity contribution is -0.141. The van der Waals surface area contributed by atoms with Gasteiger partial charge in [-0.15, -0.1) is 0 Å². The molecule has 1 aliphatic carbocycles. The summed E-state index contributed by atoms with van der Waals surface area (Å²) in [7, 11) is 0. The molecule has 2 aliphatic rings. The molecule has 2 aromatic rings. The van der Waals surface area contributed by atoms with Crippen molar-refractivity contribution in [1.29, 1.82) is 0 Å². The summed E-state index contributed by atoms with van der Waals surface area (Å²) in [6.07, 6.45) is 0.340. The Hall–Kier alpha value is -4.21. The molecule has 0 spiro atoms. The predicted molar refractivity (Wildman–Crippen MR) is 122 cm³/mol. The van der Waals surface area contributed by atoms with E-state index in [1.54, 1.807) is 24.3 Å². The average Bonchev–Trinajstić information content (AvgIpc) is 3.13. The Bertz CT molecular complexity index is 1280. The van der Waals surface area contributed by atoms with Crippen LogP contribution < -0.4 is 18.9 Å². The molecular formula is C26H24O10. The Morgan fingerprint density at radius 2 is 1.28 bits per heavy atom. The van der Waals surface area contributed by atoms with E-state index in [0.717, 1.165) is 5.56 Å². The van der Waals surface area contributed by atoms with Gasteiger partial charge in [0.25, 0.3) is 0 Å². The molecule has 3 unspecified atom stereocenters. The van der Waals surface area contributed by atoms with E-state index in [1.165, 1.54) is 33.8 Å². The van der Waals surface area contributed by atoms with Crippen molar-refractivity contribution in [3.05, 3.63) is 47.0 Å². The molecule has 1 fully saturated rings. The highest BCUT2D eigenvalue weighted by atomic mass is 16.6. The van der Waals surface area contributed by atoms with Gasteiger partial charge >= 0.3 is 29.8 Å². The smallest absolute Gasteiger partial charge is 0.309 e. The molecule has 0 radical (unpaired) electrons. The highest BCUT2D eigenvalue weighted by Crippen LogP contribution is 2.50. The maximum atomic E-state index is 12.6. The molecule has 0 N–H and O–H groups in total. The van der Waals surface area contributed by atoms with Crippen molar-refractivity contribution in [2.45, 2.75) is 40.0 Å². The first-order valence-electron chi connectivity index (χ1n) is 11.2. The lowest BCUT2D eigenvalue weighted by Gasteiger charge is -2.34. The van der Waals surface area contributed by atoms with E-state index in [4.69, 9.17) is 23.7 Å². The third-order valence-corrected chi connectivity index (χ3v) is 5.99. The SMILES string of the molecule is CC(=O)Oc1ccc(C2c3cc(OC(C)=O)c(OC(C)=O)cc3CC3C(=O)OCC32)cc1OC(C)=O. The molecule has 10 nitrogen and oxygen atoms in total. The van der Waals surface area contributed by atoms with Crippen molar-refractivity contribution < 1.29 is 47.7 Å². The number of hydrogen-bond acceptors (Lipinski definition) is 10. The zero-order chi connectivity index (χ0) is 26.1. The fourth-order valence-electron chi connectivity index (χ4n) is 4.78. The topological polar surface area (TPSA) is 132 Å². The summed E-state index contributed by atoms with van der Waals surface area (Å²) in [5, 5.41) is 0. The van der Waals surface area contributed by atoms with Gasteiger partial charge in [0.05, 0.1) is 12.5 Å². The van der Waals surface area contributed by atoms with Crippen LogP contribution >= 0.6 is 0 Å². The maximum absolute atomic E-state index is 12.6. The molecule has 3 atom stereocenters. The van der Waals surface area contributed by atoms with Gasteiger partial charge in [-0.3, -0.25) is 24.0 Å². The summed E-state index contributed by atoms with van der Waals surface area (Å²) in [5.74, 6) is -3.67. The summed E-state index contributed by atoms with van der Waals surface area (Å²) < 4.78 is 26.4. The summed E-state index contributed by atoms with van der Waals surface area (Å²) in [5.41, 5.74) is 2.10. The van der Waals surface area contributed by atoms with Crippen LogP contribution in [0.25, 0.3) is 0 Å². The van der Waals surface area contributed by atoms with E-state index < -0.39 is 35.7 Å². The second kappa shape index (κ2) is 9.80. The number of fused-ring (bicyclic) bond motifs is 2. The number of esters is 5. The zero-order valence-electron chi connectivity index (χ0n) is 20.1. The van der Waals surface area contributed by atoms with Gasteiger partial charge in [0.15, 0.2) is 23.0 Å². The fourth-order valence-corrected chi connectivity index (χ4v) is 4.78. The molecule has 1 aliphatic heterocycles. The van der Waals surface area contributed by atoms with Gasteiger partial charge in [-0.05, 0) is 47.4 Å². The molecule has 4 rings (SSSR count). The minimum atomic E-state index is -0.606. The lowest BCUT2D eigenvalue weighted by atomic mass is 9.67. The van der Waals surface area contributed by atoms with Crippen LogP contribution in [0.1, 0.15) is 50.3 Å². The van der Waals surface area contributed by atoms with Crippen molar-refractivity contribution in [1.82, 2.24) is 0 Å². The molecule has 188 valence electrons. The molecule has 10 heteroatoms. The first kappa shape index (κ1) is 24.9. The molecule has 36 heavy (non-hydrogen) atoms. The molecule has 0 aromatic heterocycles. The van der Waals surface area contributed by atoms with Crippen LogP contribution in [-0.2, 0) is 35.1 Å². The molecule has 0 saturated carbocycles. The standard InChI is InChI=1S/C26H24O10/c1-12(27)33-21-6-5-16(8-22(21)34-13(2)28)25-18-10-24(36-15(4)30)23(35-14(3)29)9-17(18)7-19-20(25)11-32-26(19)31/h5-6,8-10,19-20,25H,7,11H2,1-4H3. The zero-order valence-corrected chi connectivity index (χ0v) is 20.1. The van der Waals surface area contributed by atoms with Crippen LogP contribution in [0.4, 0.5) is 0 Å². The predicted octanol–water partition coefficient (Wildman–Crippen LogP) is 2.87. The van der Waals surface area contributed by atoms with Crippen LogP contribution in [0.3, 0.4) is 0 Å². The number of ether oxygens (including phenoxy) is 5.